The average molecular weight is 299 g/mol. The van der Waals surface area contributed by atoms with E-state index in [0.717, 1.165) is 25.6 Å². The molecule has 1 aliphatic rings. The van der Waals surface area contributed by atoms with Crippen LogP contribution in [0.5, 0.6) is 0 Å². The van der Waals surface area contributed by atoms with Crippen LogP contribution in [0, 0.1) is 17.2 Å². The first kappa shape index (κ1) is 15.7. The molecule has 0 saturated carbocycles. The summed E-state index contributed by atoms with van der Waals surface area (Å²) in [5.74, 6) is 0.348. The number of piperidine rings is 1. The number of nitrogens with two attached hydrogens (primary N) is 1. The van der Waals surface area contributed by atoms with E-state index < -0.39 is 17.6 Å². The Kier molecular flexibility index (Phi) is 4.16. The molecule has 0 spiro atoms. The van der Waals surface area contributed by atoms with Crippen molar-refractivity contribution >= 4 is 11.5 Å². The van der Waals surface area contributed by atoms with Gasteiger partial charge in [-0.3, -0.25) is 5.41 Å². The molecule has 6 heteroatoms. The second-order valence-corrected chi connectivity index (χ2v) is 5.99. The van der Waals surface area contributed by atoms with E-state index in [1.807, 2.05) is 4.90 Å². The van der Waals surface area contributed by atoms with E-state index in [9.17, 15) is 13.2 Å². The van der Waals surface area contributed by atoms with Gasteiger partial charge in [0, 0.05) is 24.3 Å². The van der Waals surface area contributed by atoms with Crippen molar-refractivity contribution in [2.45, 2.75) is 26.4 Å². The van der Waals surface area contributed by atoms with E-state index in [1.165, 1.54) is 6.07 Å². The van der Waals surface area contributed by atoms with Crippen molar-refractivity contribution in [2.75, 3.05) is 18.0 Å². The zero-order chi connectivity index (χ0) is 15.8. The highest BCUT2D eigenvalue weighted by Crippen LogP contribution is 2.35. The summed E-state index contributed by atoms with van der Waals surface area (Å²) in [6.45, 7) is 5.72. The Morgan fingerprint density at radius 3 is 2.29 bits per heavy atom. The summed E-state index contributed by atoms with van der Waals surface area (Å²) in [7, 11) is 0. The molecule has 1 heterocycles. The van der Waals surface area contributed by atoms with Gasteiger partial charge in [0.1, 0.15) is 5.84 Å². The minimum atomic E-state index is -4.51. The summed E-state index contributed by atoms with van der Waals surface area (Å²) in [4.78, 5) is 1.98. The first-order chi connectivity index (χ1) is 9.68. The summed E-state index contributed by atoms with van der Waals surface area (Å²) in [5, 5.41) is 7.30. The Labute approximate surface area is 122 Å². The van der Waals surface area contributed by atoms with Crippen LogP contribution in [0.3, 0.4) is 0 Å². The van der Waals surface area contributed by atoms with Gasteiger partial charge in [0.25, 0.3) is 0 Å². The lowest BCUT2D eigenvalue weighted by Gasteiger charge is -2.37. The van der Waals surface area contributed by atoms with Gasteiger partial charge in [0.15, 0.2) is 0 Å². The van der Waals surface area contributed by atoms with Crippen LogP contribution in [-0.2, 0) is 6.18 Å². The monoisotopic (exact) mass is 299 g/mol. The van der Waals surface area contributed by atoms with E-state index in [0.29, 0.717) is 17.5 Å². The minimum absolute atomic E-state index is 0.260. The van der Waals surface area contributed by atoms with E-state index in [-0.39, 0.29) is 5.56 Å². The van der Waals surface area contributed by atoms with Crippen LogP contribution < -0.4 is 10.6 Å². The van der Waals surface area contributed by atoms with E-state index in [1.54, 1.807) is 6.07 Å². The number of anilines is 1. The number of alkyl halides is 3. The van der Waals surface area contributed by atoms with Crippen LogP contribution in [0.2, 0.25) is 0 Å². The molecule has 1 aliphatic heterocycles. The molecule has 1 fully saturated rings. The Bertz CT molecular complexity index is 529. The summed E-state index contributed by atoms with van der Waals surface area (Å²) < 4.78 is 39.4. The lowest BCUT2D eigenvalue weighted by atomic mass is 9.91. The number of hydrogen-bond acceptors (Lipinski definition) is 2. The fourth-order valence-corrected chi connectivity index (χ4v) is 3.07. The van der Waals surface area contributed by atoms with E-state index in [2.05, 4.69) is 13.8 Å². The van der Waals surface area contributed by atoms with Gasteiger partial charge in [0.2, 0.25) is 0 Å². The van der Waals surface area contributed by atoms with Crippen molar-refractivity contribution in [1.82, 2.24) is 0 Å². The Hall–Kier alpha value is -1.72. The van der Waals surface area contributed by atoms with Gasteiger partial charge >= 0.3 is 6.18 Å². The van der Waals surface area contributed by atoms with Gasteiger partial charge in [-0.15, -0.1) is 0 Å². The number of nitrogens with one attached hydrogen (secondary N) is 1. The summed E-state index contributed by atoms with van der Waals surface area (Å²) >= 11 is 0. The van der Waals surface area contributed by atoms with Crippen LogP contribution in [-0.4, -0.2) is 18.9 Å². The summed E-state index contributed by atoms with van der Waals surface area (Å²) in [6, 6.07) is 4.03. The fraction of sp³-hybridized carbons (Fsp3) is 0.533. The summed E-state index contributed by atoms with van der Waals surface area (Å²) in [5.41, 5.74) is 4.71. The van der Waals surface area contributed by atoms with Gasteiger partial charge in [-0.25, -0.2) is 0 Å². The van der Waals surface area contributed by atoms with E-state index >= 15 is 0 Å². The van der Waals surface area contributed by atoms with Crippen molar-refractivity contribution in [3.8, 4) is 0 Å². The van der Waals surface area contributed by atoms with Crippen molar-refractivity contribution in [1.29, 1.82) is 5.41 Å². The maximum Gasteiger partial charge on any atom is 0.417 e. The smallest absolute Gasteiger partial charge is 0.384 e. The molecule has 3 N–H and O–H groups in total. The van der Waals surface area contributed by atoms with E-state index in [4.69, 9.17) is 11.1 Å². The van der Waals surface area contributed by atoms with Crippen LogP contribution in [0.15, 0.2) is 18.2 Å². The second-order valence-electron chi connectivity index (χ2n) is 5.99. The molecule has 2 unspecified atom stereocenters. The van der Waals surface area contributed by atoms with Gasteiger partial charge in [-0.2, -0.15) is 13.2 Å². The predicted molar refractivity (Wildman–Crippen MR) is 77.6 cm³/mol. The lowest BCUT2D eigenvalue weighted by Crippen LogP contribution is -2.38. The largest absolute Gasteiger partial charge is 0.417 e. The maximum atomic E-state index is 13.1. The normalized spacial score (nSPS) is 23.2. The van der Waals surface area contributed by atoms with Gasteiger partial charge in [0.05, 0.1) is 5.56 Å². The molecular formula is C15H20F3N3. The summed E-state index contributed by atoms with van der Waals surface area (Å²) in [6.07, 6.45) is -3.42. The lowest BCUT2D eigenvalue weighted by molar-refractivity contribution is -0.137. The highest BCUT2D eigenvalue weighted by Gasteiger charge is 2.35. The molecule has 116 valence electrons. The van der Waals surface area contributed by atoms with Gasteiger partial charge < -0.3 is 10.6 Å². The molecule has 0 radical (unpaired) electrons. The first-order valence-electron chi connectivity index (χ1n) is 6.99. The highest BCUT2D eigenvalue weighted by molar-refractivity contribution is 5.97. The molecule has 0 bridgehead atoms. The van der Waals surface area contributed by atoms with Gasteiger partial charge in [-0.05, 0) is 36.5 Å². The molecule has 1 aromatic rings. The third kappa shape index (κ3) is 3.49. The van der Waals surface area contributed by atoms with Crippen LogP contribution >= 0.6 is 0 Å². The Morgan fingerprint density at radius 1 is 1.24 bits per heavy atom. The molecular weight excluding hydrogens is 279 g/mol. The maximum absolute atomic E-state index is 13.1. The molecule has 2 rings (SSSR count). The zero-order valence-electron chi connectivity index (χ0n) is 12.2. The molecule has 3 nitrogen and oxygen atoms in total. The number of amidine groups is 1. The quantitative estimate of drug-likeness (QED) is 0.649. The number of halogens is 3. The molecule has 2 atom stereocenters. The average Bonchev–Trinajstić information content (AvgIpc) is 2.35. The SMILES string of the molecule is CC1CC(C)CN(c2ccc(C(=N)N)c(C(F)(F)F)c2)C1. The van der Waals surface area contributed by atoms with Crippen LogP contribution in [0.4, 0.5) is 18.9 Å². The molecule has 1 saturated heterocycles. The molecule has 1 aromatic carbocycles. The third-order valence-corrected chi connectivity index (χ3v) is 3.83. The zero-order valence-corrected chi connectivity index (χ0v) is 12.2. The Balaban J connectivity index is 2.40. The number of hydrogen-bond donors (Lipinski definition) is 2. The minimum Gasteiger partial charge on any atom is -0.384 e. The number of benzene rings is 1. The van der Waals surface area contributed by atoms with Crippen molar-refractivity contribution in [3.05, 3.63) is 29.3 Å². The predicted octanol–water partition coefficient (Wildman–Crippen LogP) is 3.47. The first-order valence-corrected chi connectivity index (χ1v) is 6.99. The van der Waals surface area contributed by atoms with Crippen molar-refractivity contribution in [2.24, 2.45) is 17.6 Å². The standard InChI is InChI=1S/C15H20F3N3/c1-9-5-10(2)8-21(7-9)11-3-4-12(14(19)20)13(6-11)15(16,17)18/h3-4,6,9-10H,5,7-8H2,1-2H3,(H3,19,20). The molecule has 0 aromatic heterocycles. The van der Waals surface area contributed by atoms with Crippen LogP contribution in [0.1, 0.15) is 31.4 Å². The highest BCUT2D eigenvalue weighted by atomic mass is 19.4. The Morgan fingerprint density at radius 2 is 1.81 bits per heavy atom. The number of nitrogen functional groups attached to an aromatic ring is 1. The number of rotatable bonds is 2. The molecule has 0 aliphatic carbocycles. The number of nitrogens with zero attached hydrogens (tertiary/aromatic N) is 1. The second kappa shape index (κ2) is 5.58. The van der Waals surface area contributed by atoms with Gasteiger partial charge in [-0.1, -0.05) is 13.8 Å². The fourth-order valence-electron chi connectivity index (χ4n) is 3.07. The third-order valence-electron chi connectivity index (χ3n) is 3.83. The van der Waals surface area contributed by atoms with Crippen molar-refractivity contribution in [3.63, 3.8) is 0 Å². The van der Waals surface area contributed by atoms with Crippen LogP contribution in [0.25, 0.3) is 0 Å². The van der Waals surface area contributed by atoms with Crippen molar-refractivity contribution < 1.29 is 13.2 Å². The molecule has 21 heavy (non-hydrogen) atoms. The topological polar surface area (TPSA) is 53.1 Å². The molecule has 0 amide bonds.